The molecule has 1 aliphatic rings. The van der Waals surface area contributed by atoms with E-state index in [1.807, 2.05) is 60.4 Å². The third kappa shape index (κ3) is 4.09. The lowest BCUT2D eigenvalue weighted by atomic mass is 10.0. The summed E-state index contributed by atoms with van der Waals surface area (Å²) in [5.41, 5.74) is 2.49. The minimum absolute atomic E-state index is 0.0791. The molecule has 8 heteroatoms. The van der Waals surface area contributed by atoms with E-state index < -0.39 is 15.9 Å². The van der Waals surface area contributed by atoms with Gasteiger partial charge in [0, 0.05) is 18.8 Å². The first-order valence-electron chi connectivity index (χ1n) is 9.09. The van der Waals surface area contributed by atoms with Crippen LogP contribution in [0.3, 0.4) is 0 Å². The van der Waals surface area contributed by atoms with E-state index in [-0.39, 0.29) is 17.4 Å². The number of aryl methyl sites for hydroxylation is 1. The number of benzene rings is 2. The van der Waals surface area contributed by atoms with Crippen LogP contribution in [-0.2, 0) is 14.6 Å². The Morgan fingerprint density at radius 2 is 1.86 bits per heavy atom. The summed E-state index contributed by atoms with van der Waals surface area (Å²) in [4.78, 5) is 19.6. The summed E-state index contributed by atoms with van der Waals surface area (Å²) in [6, 6.07) is 14.6. The maximum absolute atomic E-state index is 13.2. The van der Waals surface area contributed by atoms with Crippen molar-refractivity contribution in [2.75, 3.05) is 29.9 Å². The number of sulfone groups is 1. The number of nitrogens with zero attached hydrogens (tertiary/aromatic N) is 2. The Balaban J connectivity index is 1.60. The number of hydrogen-bond donors (Lipinski definition) is 1. The van der Waals surface area contributed by atoms with E-state index >= 15 is 0 Å². The Hall–Kier alpha value is -2.29. The van der Waals surface area contributed by atoms with Crippen LogP contribution in [0.25, 0.3) is 10.2 Å². The van der Waals surface area contributed by atoms with Crippen molar-refractivity contribution in [2.24, 2.45) is 0 Å². The average molecular weight is 416 g/mol. The van der Waals surface area contributed by atoms with E-state index in [0.717, 1.165) is 20.8 Å². The number of nitrogens with one attached hydrogen (secondary N) is 1. The molecule has 3 aromatic rings. The Kier molecular flexibility index (Phi) is 5.18. The van der Waals surface area contributed by atoms with Gasteiger partial charge in [-0.3, -0.25) is 9.69 Å². The number of aromatic nitrogens is 1. The van der Waals surface area contributed by atoms with Crippen molar-refractivity contribution in [1.29, 1.82) is 0 Å². The molecule has 0 aliphatic carbocycles. The number of amides is 1. The highest BCUT2D eigenvalue weighted by Crippen LogP contribution is 2.28. The summed E-state index contributed by atoms with van der Waals surface area (Å²) < 4.78 is 24.6. The molecule has 2 heterocycles. The van der Waals surface area contributed by atoms with Gasteiger partial charge in [-0.15, -0.1) is 11.3 Å². The predicted octanol–water partition coefficient (Wildman–Crippen LogP) is 3.01. The molecule has 0 saturated carbocycles. The molecule has 28 heavy (non-hydrogen) atoms. The van der Waals surface area contributed by atoms with Gasteiger partial charge in [-0.1, -0.05) is 30.3 Å². The highest BCUT2D eigenvalue weighted by Gasteiger charge is 2.32. The molecule has 2 aromatic carbocycles. The highest BCUT2D eigenvalue weighted by atomic mass is 32.2. The molecule has 146 valence electrons. The Labute approximate surface area is 168 Å². The zero-order valence-electron chi connectivity index (χ0n) is 15.5. The van der Waals surface area contributed by atoms with Crippen molar-refractivity contribution in [1.82, 2.24) is 9.88 Å². The number of fused-ring (bicyclic) bond motifs is 1. The number of carbonyl (C=O) groups excluding carboxylic acids is 1. The molecule has 1 aromatic heterocycles. The van der Waals surface area contributed by atoms with Crippen LogP contribution in [-0.4, -0.2) is 48.8 Å². The van der Waals surface area contributed by atoms with E-state index in [1.54, 1.807) is 11.3 Å². The molecule has 1 atom stereocenters. The van der Waals surface area contributed by atoms with Gasteiger partial charge in [-0.25, -0.2) is 13.4 Å². The molecule has 0 spiro atoms. The number of carbonyl (C=O) groups is 1. The molecule has 1 amide bonds. The second-order valence-corrected chi connectivity index (χ2v) is 10.4. The largest absolute Gasteiger partial charge is 0.324 e. The van der Waals surface area contributed by atoms with Gasteiger partial charge in [0.1, 0.15) is 6.04 Å². The van der Waals surface area contributed by atoms with E-state index in [4.69, 9.17) is 0 Å². The van der Waals surface area contributed by atoms with Gasteiger partial charge in [-0.2, -0.15) is 0 Å². The molecule has 6 nitrogen and oxygen atoms in total. The number of rotatable bonds is 4. The summed E-state index contributed by atoms with van der Waals surface area (Å²) in [5.74, 6) is -0.00287. The van der Waals surface area contributed by atoms with Gasteiger partial charge in [0.25, 0.3) is 0 Å². The maximum atomic E-state index is 13.2. The first kappa shape index (κ1) is 19.0. The zero-order valence-corrected chi connectivity index (χ0v) is 17.1. The van der Waals surface area contributed by atoms with Crippen LogP contribution < -0.4 is 5.32 Å². The average Bonchev–Trinajstić information content (AvgIpc) is 3.03. The molecular formula is C20H21N3O3S2. The summed E-state index contributed by atoms with van der Waals surface area (Å²) in [6.45, 7) is 2.66. The monoisotopic (exact) mass is 415 g/mol. The van der Waals surface area contributed by atoms with Crippen molar-refractivity contribution in [3.8, 4) is 0 Å². The summed E-state index contributed by atoms with van der Waals surface area (Å²) in [7, 11) is -3.02. The van der Waals surface area contributed by atoms with Crippen LogP contribution in [0.4, 0.5) is 5.69 Å². The predicted molar refractivity (Wildman–Crippen MR) is 112 cm³/mol. The Morgan fingerprint density at radius 3 is 2.57 bits per heavy atom. The van der Waals surface area contributed by atoms with Crippen LogP contribution >= 0.6 is 11.3 Å². The van der Waals surface area contributed by atoms with E-state index in [0.29, 0.717) is 18.8 Å². The van der Waals surface area contributed by atoms with Crippen LogP contribution in [0.1, 0.15) is 16.6 Å². The molecular weight excluding hydrogens is 394 g/mol. The quantitative estimate of drug-likeness (QED) is 0.709. The summed E-state index contributed by atoms with van der Waals surface area (Å²) in [5, 5.41) is 3.99. The van der Waals surface area contributed by atoms with Crippen LogP contribution in [0, 0.1) is 6.92 Å². The molecule has 1 saturated heterocycles. The van der Waals surface area contributed by atoms with Gasteiger partial charge in [0.2, 0.25) is 5.91 Å². The fourth-order valence-corrected chi connectivity index (χ4v) is 5.57. The third-order valence-electron chi connectivity index (χ3n) is 4.87. The van der Waals surface area contributed by atoms with Crippen molar-refractivity contribution in [2.45, 2.75) is 13.0 Å². The molecule has 1 aliphatic heterocycles. The topological polar surface area (TPSA) is 79.4 Å². The normalized spacial score (nSPS) is 18.0. The number of thiazole rings is 1. The first-order valence-corrected chi connectivity index (χ1v) is 11.7. The summed E-state index contributed by atoms with van der Waals surface area (Å²) in [6.07, 6.45) is 0. The summed E-state index contributed by atoms with van der Waals surface area (Å²) >= 11 is 1.59. The minimum atomic E-state index is -3.02. The van der Waals surface area contributed by atoms with Gasteiger partial charge in [0.15, 0.2) is 9.84 Å². The van der Waals surface area contributed by atoms with Crippen molar-refractivity contribution in [3.63, 3.8) is 0 Å². The van der Waals surface area contributed by atoms with Gasteiger partial charge >= 0.3 is 0 Å². The maximum Gasteiger partial charge on any atom is 0.246 e. The zero-order chi connectivity index (χ0) is 19.7. The van der Waals surface area contributed by atoms with Crippen LogP contribution in [0.2, 0.25) is 0 Å². The van der Waals surface area contributed by atoms with Crippen molar-refractivity contribution < 1.29 is 13.2 Å². The molecule has 4 rings (SSSR count). The van der Waals surface area contributed by atoms with E-state index in [9.17, 15) is 13.2 Å². The molecule has 1 fully saturated rings. The lowest BCUT2D eigenvalue weighted by molar-refractivity contribution is -0.121. The molecule has 0 bridgehead atoms. The second-order valence-electron chi connectivity index (χ2n) is 6.91. The van der Waals surface area contributed by atoms with Crippen LogP contribution in [0.15, 0.2) is 48.5 Å². The Bertz CT molecular complexity index is 1100. The second kappa shape index (κ2) is 7.62. The molecule has 0 radical (unpaired) electrons. The van der Waals surface area contributed by atoms with Crippen molar-refractivity contribution >= 4 is 43.0 Å². The smallest absolute Gasteiger partial charge is 0.246 e. The first-order chi connectivity index (χ1) is 13.4. The Morgan fingerprint density at radius 1 is 1.14 bits per heavy atom. The lowest BCUT2D eigenvalue weighted by Crippen LogP contribution is -2.46. The molecule has 1 N–H and O–H groups in total. The van der Waals surface area contributed by atoms with Gasteiger partial charge in [-0.05, 0) is 30.7 Å². The van der Waals surface area contributed by atoms with Crippen LogP contribution in [0.5, 0.6) is 0 Å². The fourth-order valence-electron chi connectivity index (χ4n) is 3.48. The SMILES string of the molecule is Cc1nc2ccc(NC(=O)C(c3ccccc3)N3CCS(=O)(=O)CC3)cc2s1. The number of hydrogen-bond acceptors (Lipinski definition) is 6. The van der Waals surface area contributed by atoms with E-state index in [2.05, 4.69) is 10.3 Å². The van der Waals surface area contributed by atoms with Gasteiger partial charge < -0.3 is 5.32 Å². The van der Waals surface area contributed by atoms with E-state index in [1.165, 1.54) is 0 Å². The lowest BCUT2D eigenvalue weighted by Gasteiger charge is -2.33. The minimum Gasteiger partial charge on any atom is -0.324 e. The van der Waals surface area contributed by atoms with Crippen molar-refractivity contribution in [3.05, 3.63) is 59.1 Å². The third-order valence-corrected chi connectivity index (χ3v) is 7.41. The van der Waals surface area contributed by atoms with Gasteiger partial charge in [0.05, 0.1) is 26.7 Å². The highest BCUT2D eigenvalue weighted by molar-refractivity contribution is 7.91. The molecule has 1 unspecified atom stereocenters. The number of anilines is 1. The standard InChI is InChI=1S/C20H21N3O3S2/c1-14-21-17-8-7-16(13-18(17)27-14)22-20(24)19(15-5-3-2-4-6-15)23-9-11-28(25,26)12-10-23/h2-8,13,19H,9-12H2,1H3,(H,22,24). The fraction of sp³-hybridized carbons (Fsp3) is 0.300.